The molecule has 0 aromatic carbocycles. The van der Waals surface area contributed by atoms with Crippen LogP contribution in [-0.4, -0.2) is 35.5 Å². The Morgan fingerprint density at radius 2 is 1.38 bits per heavy atom. The number of hydrogen-bond donors (Lipinski definition) is 0. The number of rotatable bonds is 11. The quantitative estimate of drug-likeness (QED) is 0.352. The van der Waals surface area contributed by atoms with Gasteiger partial charge in [0.2, 0.25) is 0 Å². The lowest BCUT2D eigenvalue weighted by molar-refractivity contribution is -0.0489. The van der Waals surface area contributed by atoms with Crippen molar-refractivity contribution in [2.75, 3.05) is 27.4 Å². The SMILES string of the molecule is COCC(CC[Si](C(C)C)(C(C)C)C(C)C)(COC)C1CCCC(C)C1. The summed E-state index contributed by atoms with van der Waals surface area (Å²) in [5, 5.41) is 0. The summed E-state index contributed by atoms with van der Waals surface area (Å²) in [6, 6.07) is 1.41. The van der Waals surface area contributed by atoms with E-state index in [-0.39, 0.29) is 5.41 Å². The molecule has 2 atom stereocenters. The maximum Gasteiger partial charge on any atom is 0.0613 e. The normalized spacial score (nSPS) is 22.6. The molecule has 0 bridgehead atoms. The number of ether oxygens (including phenoxy) is 2. The van der Waals surface area contributed by atoms with Crippen molar-refractivity contribution in [2.45, 2.75) is 103 Å². The van der Waals surface area contributed by atoms with Gasteiger partial charge in [-0.1, -0.05) is 84.0 Å². The summed E-state index contributed by atoms with van der Waals surface area (Å²) in [5.41, 5.74) is 2.69. The van der Waals surface area contributed by atoms with Crippen molar-refractivity contribution in [1.29, 1.82) is 0 Å². The maximum absolute atomic E-state index is 5.83. The molecule has 1 aliphatic carbocycles. The number of hydrogen-bond acceptors (Lipinski definition) is 2. The Labute approximate surface area is 165 Å². The summed E-state index contributed by atoms with van der Waals surface area (Å²) in [6.45, 7) is 19.1. The Morgan fingerprint density at radius 1 is 0.885 bits per heavy atom. The van der Waals surface area contributed by atoms with Gasteiger partial charge in [0.15, 0.2) is 0 Å². The Balaban J connectivity index is 3.14. The van der Waals surface area contributed by atoms with Gasteiger partial charge in [-0.2, -0.15) is 0 Å². The van der Waals surface area contributed by atoms with Crippen molar-refractivity contribution in [2.24, 2.45) is 17.3 Å². The molecule has 26 heavy (non-hydrogen) atoms. The van der Waals surface area contributed by atoms with Crippen molar-refractivity contribution in [3.63, 3.8) is 0 Å². The van der Waals surface area contributed by atoms with E-state index in [0.29, 0.717) is 0 Å². The van der Waals surface area contributed by atoms with Crippen molar-refractivity contribution < 1.29 is 9.47 Å². The van der Waals surface area contributed by atoms with Gasteiger partial charge in [-0.3, -0.25) is 0 Å². The second kappa shape index (κ2) is 10.6. The molecule has 0 aliphatic heterocycles. The highest BCUT2D eigenvalue weighted by Crippen LogP contribution is 2.50. The van der Waals surface area contributed by atoms with Gasteiger partial charge in [-0.25, -0.2) is 0 Å². The van der Waals surface area contributed by atoms with Gasteiger partial charge in [0, 0.05) is 19.6 Å². The van der Waals surface area contributed by atoms with E-state index in [0.717, 1.165) is 41.7 Å². The molecule has 0 heterocycles. The molecule has 0 N–H and O–H groups in total. The van der Waals surface area contributed by atoms with Crippen LogP contribution in [0, 0.1) is 17.3 Å². The van der Waals surface area contributed by atoms with Crippen LogP contribution in [0.1, 0.15) is 80.6 Å². The summed E-state index contributed by atoms with van der Waals surface area (Å²) >= 11 is 0. The molecule has 0 aromatic heterocycles. The third kappa shape index (κ3) is 5.35. The van der Waals surface area contributed by atoms with Gasteiger partial charge in [0.05, 0.1) is 21.3 Å². The molecule has 0 aromatic rings. The van der Waals surface area contributed by atoms with Crippen molar-refractivity contribution in [3.8, 4) is 0 Å². The summed E-state index contributed by atoms with van der Waals surface area (Å²) in [4.78, 5) is 0. The Bertz CT molecular complexity index is 364. The summed E-state index contributed by atoms with van der Waals surface area (Å²) in [5.74, 6) is 1.61. The van der Waals surface area contributed by atoms with Gasteiger partial charge in [0.25, 0.3) is 0 Å². The molecular weight excluding hydrogens is 336 g/mol. The molecule has 1 aliphatic rings. The van der Waals surface area contributed by atoms with Gasteiger partial charge in [-0.15, -0.1) is 0 Å². The first kappa shape index (κ1) is 24.2. The molecular formula is C23H48O2Si. The monoisotopic (exact) mass is 384 g/mol. The van der Waals surface area contributed by atoms with E-state index in [2.05, 4.69) is 48.5 Å². The van der Waals surface area contributed by atoms with Crippen LogP contribution in [-0.2, 0) is 9.47 Å². The van der Waals surface area contributed by atoms with Crippen LogP contribution in [0.15, 0.2) is 0 Å². The smallest absolute Gasteiger partial charge is 0.0613 e. The van der Waals surface area contributed by atoms with Crippen molar-refractivity contribution in [3.05, 3.63) is 0 Å². The van der Waals surface area contributed by atoms with Crippen LogP contribution in [0.4, 0.5) is 0 Å². The fraction of sp³-hybridized carbons (Fsp3) is 1.00. The van der Waals surface area contributed by atoms with Gasteiger partial charge < -0.3 is 9.47 Å². The van der Waals surface area contributed by atoms with E-state index >= 15 is 0 Å². The minimum atomic E-state index is -1.39. The lowest BCUT2D eigenvalue weighted by Gasteiger charge is -2.49. The topological polar surface area (TPSA) is 18.5 Å². The van der Waals surface area contributed by atoms with E-state index in [1.807, 2.05) is 14.2 Å². The zero-order valence-electron chi connectivity index (χ0n) is 19.4. The molecule has 2 unspecified atom stereocenters. The standard InChI is InChI=1S/C23H48O2Si/c1-18(2)26(19(3)4,20(5)6)14-13-23(16-24-8,17-25-9)22-12-10-11-21(7)15-22/h18-22H,10-17H2,1-9H3. The molecule has 0 radical (unpaired) electrons. The Kier molecular flexibility index (Phi) is 9.87. The average molecular weight is 385 g/mol. The summed E-state index contributed by atoms with van der Waals surface area (Å²) in [7, 11) is 2.38. The zero-order valence-corrected chi connectivity index (χ0v) is 20.4. The summed E-state index contributed by atoms with van der Waals surface area (Å²) < 4.78 is 11.7. The minimum Gasteiger partial charge on any atom is -0.384 e. The fourth-order valence-corrected chi connectivity index (χ4v) is 13.2. The predicted octanol–water partition coefficient (Wildman–Crippen LogP) is 7.16. The molecule has 0 saturated heterocycles. The second-order valence-corrected chi connectivity index (χ2v) is 16.5. The maximum atomic E-state index is 5.83. The lowest BCUT2D eigenvalue weighted by Crippen LogP contribution is -2.48. The highest BCUT2D eigenvalue weighted by atomic mass is 28.3. The first-order chi connectivity index (χ1) is 12.2. The molecule has 2 nitrogen and oxygen atoms in total. The van der Waals surface area contributed by atoms with E-state index in [9.17, 15) is 0 Å². The highest BCUT2D eigenvalue weighted by Gasteiger charge is 2.47. The molecule has 1 saturated carbocycles. The first-order valence-corrected chi connectivity index (χ1v) is 13.6. The van der Waals surface area contributed by atoms with Gasteiger partial charge >= 0.3 is 0 Å². The second-order valence-electron chi connectivity index (χ2n) is 10.3. The largest absolute Gasteiger partial charge is 0.384 e. The van der Waals surface area contributed by atoms with Crippen LogP contribution in [0.2, 0.25) is 22.7 Å². The zero-order chi connectivity index (χ0) is 20.0. The van der Waals surface area contributed by atoms with Crippen LogP contribution in [0.5, 0.6) is 0 Å². The van der Waals surface area contributed by atoms with E-state index in [4.69, 9.17) is 9.47 Å². The van der Waals surface area contributed by atoms with E-state index in [1.165, 1.54) is 38.1 Å². The van der Waals surface area contributed by atoms with E-state index < -0.39 is 8.07 Å². The third-order valence-electron chi connectivity index (χ3n) is 7.95. The summed E-state index contributed by atoms with van der Waals surface area (Å²) in [6.07, 6.45) is 6.77. The molecule has 1 fully saturated rings. The van der Waals surface area contributed by atoms with E-state index in [1.54, 1.807) is 0 Å². The van der Waals surface area contributed by atoms with Crippen LogP contribution >= 0.6 is 0 Å². The van der Waals surface area contributed by atoms with Crippen molar-refractivity contribution in [1.82, 2.24) is 0 Å². The Hall–Kier alpha value is 0.137. The van der Waals surface area contributed by atoms with Crippen molar-refractivity contribution >= 4 is 8.07 Å². The Morgan fingerprint density at radius 3 is 1.77 bits per heavy atom. The average Bonchev–Trinajstić information content (AvgIpc) is 2.54. The number of methoxy groups -OCH3 is 2. The first-order valence-electron chi connectivity index (χ1n) is 11.1. The predicted molar refractivity (Wildman–Crippen MR) is 118 cm³/mol. The molecule has 0 spiro atoms. The minimum absolute atomic E-state index is 0.203. The molecule has 3 heteroatoms. The molecule has 0 amide bonds. The van der Waals surface area contributed by atoms with Gasteiger partial charge in [0.1, 0.15) is 0 Å². The molecule has 156 valence electrons. The van der Waals surface area contributed by atoms with Gasteiger partial charge in [-0.05, 0) is 31.1 Å². The lowest BCUT2D eigenvalue weighted by atomic mass is 9.66. The third-order valence-corrected chi connectivity index (χ3v) is 15.5. The highest BCUT2D eigenvalue weighted by molar-refractivity contribution is 6.83. The fourth-order valence-electron chi connectivity index (χ4n) is 6.52. The van der Waals surface area contributed by atoms with Crippen LogP contribution in [0.3, 0.4) is 0 Å². The van der Waals surface area contributed by atoms with Crippen LogP contribution < -0.4 is 0 Å². The molecule has 1 rings (SSSR count). The van der Waals surface area contributed by atoms with Crippen LogP contribution in [0.25, 0.3) is 0 Å².